The first-order chi connectivity index (χ1) is 7.87. The molecule has 1 unspecified atom stereocenters. The number of nitrogens with zero attached hydrogens (tertiary/aromatic N) is 2. The molecule has 100 valence electrons. The SMILES string of the molecule is CCC(C#N)(CCCN(C)C(C)C)NC(C)C. The van der Waals surface area contributed by atoms with E-state index in [0.29, 0.717) is 12.1 Å². The molecule has 1 N–H and O–H groups in total. The van der Waals surface area contributed by atoms with E-state index < -0.39 is 0 Å². The van der Waals surface area contributed by atoms with E-state index in [9.17, 15) is 5.26 Å². The first kappa shape index (κ1) is 16.4. The van der Waals surface area contributed by atoms with Crippen molar-refractivity contribution in [3.8, 4) is 6.07 Å². The summed E-state index contributed by atoms with van der Waals surface area (Å²) in [7, 11) is 2.14. The molecule has 3 nitrogen and oxygen atoms in total. The maximum Gasteiger partial charge on any atom is 0.106 e. The fourth-order valence-electron chi connectivity index (χ4n) is 1.96. The summed E-state index contributed by atoms with van der Waals surface area (Å²) >= 11 is 0. The van der Waals surface area contributed by atoms with E-state index in [1.807, 2.05) is 0 Å². The summed E-state index contributed by atoms with van der Waals surface area (Å²) < 4.78 is 0. The summed E-state index contributed by atoms with van der Waals surface area (Å²) in [4.78, 5) is 2.33. The molecule has 0 aliphatic heterocycles. The highest BCUT2D eigenvalue weighted by molar-refractivity contribution is 5.06. The summed E-state index contributed by atoms with van der Waals surface area (Å²) in [5.74, 6) is 0. The molecule has 0 bridgehead atoms. The van der Waals surface area contributed by atoms with Crippen LogP contribution in [-0.4, -0.2) is 36.1 Å². The molecule has 1 atom stereocenters. The lowest BCUT2D eigenvalue weighted by Gasteiger charge is -2.30. The van der Waals surface area contributed by atoms with Crippen molar-refractivity contribution in [2.24, 2.45) is 0 Å². The molecule has 0 aliphatic rings. The fourth-order valence-corrected chi connectivity index (χ4v) is 1.96. The third kappa shape index (κ3) is 6.05. The number of nitriles is 1. The predicted octanol–water partition coefficient (Wildman–Crippen LogP) is 2.78. The monoisotopic (exact) mass is 239 g/mol. The largest absolute Gasteiger partial charge is 0.304 e. The maximum atomic E-state index is 9.37. The topological polar surface area (TPSA) is 39.1 Å². The zero-order valence-electron chi connectivity index (χ0n) is 12.4. The van der Waals surface area contributed by atoms with Gasteiger partial charge in [-0.15, -0.1) is 0 Å². The van der Waals surface area contributed by atoms with E-state index in [1.54, 1.807) is 0 Å². The molecular formula is C14H29N3. The molecule has 0 amide bonds. The Morgan fingerprint density at radius 2 is 1.88 bits per heavy atom. The van der Waals surface area contributed by atoms with Gasteiger partial charge in [-0.1, -0.05) is 6.92 Å². The minimum atomic E-state index is -0.341. The maximum absolute atomic E-state index is 9.37. The minimum absolute atomic E-state index is 0.341. The zero-order valence-corrected chi connectivity index (χ0v) is 12.4. The Morgan fingerprint density at radius 1 is 1.29 bits per heavy atom. The Kier molecular flexibility index (Phi) is 7.41. The molecule has 0 aromatic heterocycles. The average molecular weight is 239 g/mol. The van der Waals surface area contributed by atoms with Gasteiger partial charge in [-0.3, -0.25) is 5.32 Å². The number of hydrogen-bond acceptors (Lipinski definition) is 3. The minimum Gasteiger partial charge on any atom is -0.304 e. The van der Waals surface area contributed by atoms with E-state index in [0.717, 1.165) is 25.8 Å². The van der Waals surface area contributed by atoms with E-state index in [-0.39, 0.29) is 5.54 Å². The molecule has 3 heteroatoms. The van der Waals surface area contributed by atoms with Gasteiger partial charge in [-0.05, 0) is 60.5 Å². The summed E-state index contributed by atoms with van der Waals surface area (Å²) in [6.07, 6.45) is 2.86. The smallest absolute Gasteiger partial charge is 0.106 e. The molecule has 0 saturated carbocycles. The van der Waals surface area contributed by atoms with Gasteiger partial charge in [-0.2, -0.15) is 5.26 Å². The van der Waals surface area contributed by atoms with Crippen LogP contribution in [0.3, 0.4) is 0 Å². The van der Waals surface area contributed by atoms with Gasteiger partial charge >= 0.3 is 0 Å². The van der Waals surface area contributed by atoms with Crippen molar-refractivity contribution < 1.29 is 0 Å². The lowest BCUT2D eigenvalue weighted by atomic mass is 9.91. The number of nitrogens with one attached hydrogen (secondary N) is 1. The van der Waals surface area contributed by atoms with Gasteiger partial charge in [0.25, 0.3) is 0 Å². The van der Waals surface area contributed by atoms with E-state index in [1.165, 1.54) is 0 Å². The van der Waals surface area contributed by atoms with Crippen LogP contribution in [0.15, 0.2) is 0 Å². The Labute approximate surface area is 107 Å². The van der Waals surface area contributed by atoms with Gasteiger partial charge in [0.15, 0.2) is 0 Å². The van der Waals surface area contributed by atoms with Gasteiger partial charge in [0, 0.05) is 12.1 Å². The van der Waals surface area contributed by atoms with Crippen molar-refractivity contribution in [2.75, 3.05) is 13.6 Å². The van der Waals surface area contributed by atoms with E-state index >= 15 is 0 Å². The van der Waals surface area contributed by atoms with Crippen LogP contribution in [0.25, 0.3) is 0 Å². The van der Waals surface area contributed by atoms with Crippen LogP contribution >= 0.6 is 0 Å². The molecule has 0 aromatic carbocycles. The van der Waals surface area contributed by atoms with Gasteiger partial charge < -0.3 is 4.90 Å². The molecule has 0 aromatic rings. The van der Waals surface area contributed by atoms with E-state index in [2.05, 4.69) is 58.0 Å². The molecule has 0 spiro atoms. The van der Waals surface area contributed by atoms with Gasteiger partial charge in [0.1, 0.15) is 5.54 Å². The van der Waals surface area contributed by atoms with Crippen LogP contribution in [0.2, 0.25) is 0 Å². The second-order valence-corrected chi connectivity index (χ2v) is 5.52. The van der Waals surface area contributed by atoms with Crippen LogP contribution in [0, 0.1) is 11.3 Å². The number of hydrogen-bond donors (Lipinski definition) is 1. The van der Waals surface area contributed by atoms with Crippen molar-refractivity contribution in [3.05, 3.63) is 0 Å². The summed E-state index contributed by atoms with van der Waals surface area (Å²) in [5.41, 5.74) is -0.341. The van der Waals surface area contributed by atoms with Crippen LogP contribution in [0.1, 0.15) is 53.9 Å². The van der Waals surface area contributed by atoms with Gasteiger partial charge in [0.05, 0.1) is 6.07 Å². The highest BCUT2D eigenvalue weighted by Gasteiger charge is 2.27. The summed E-state index contributed by atoms with van der Waals surface area (Å²) in [6, 6.07) is 3.40. The molecule has 0 rings (SSSR count). The van der Waals surface area contributed by atoms with Crippen LogP contribution < -0.4 is 5.32 Å². The standard InChI is InChI=1S/C14H29N3/c1-7-14(11-15,16-12(2)3)9-8-10-17(6)13(4)5/h12-13,16H,7-10H2,1-6H3. The first-order valence-corrected chi connectivity index (χ1v) is 6.76. The van der Waals surface area contributed by atoms with Crippen molar-refractivity contribution >= 4 is 0 Å². The third-order valence-electron chi connectivity index (χ3n) is 3.38. The lowest BCUT2D eigenvalue weighted by Crippen LogP contribution is -2.47. The quantitative estimate of drug-likeness (QED) is 0.708. The van der Waals surface area contributed by atoms with Crippen molar-refractivity contribution in [1.29, 1.82) is 5.26 Å². The van der Waals surface area contributed by atoms with Gasteiger partial charge in [0.2, 0.25) is 0 Å². The van der Waals surface area contributed by atoms with Crippen LogP contribution in [-0.2, 0) is 0 Å². The molecular weight excluding hydrogens is 210 g/mol. The first-order valence-electron chi connectivity index (χ1n) is 6.76. The summed E-state index contributed by atoms with van der Waals surface area (Å²) in [5, 5.41) is 12.8. The Morgan fingerprint density at radius 3 is 2.24 bits per heavy atom. The second kappa shape index (κ2) is 7.68. The molecule has 17 heavy (non-hydrogen) atoms. The third-order valence-corrected chi connectivity index (χ3v) is 3.38. The molecule has 0 saturated heterocycles. The predicted molar refractivity (Wildman–Crippen MR) is 73.9 cm³/mol. The average Bonchev–Trinajstić information content (AvgIpc) is 2.26. The highest BCUT2D eigenvalue weighted by atomic mass is 15.1. The highest BCUT2D eigenvalue weighted by Crippen LogP contribution is 2.18. The van der Waals surface area contributed by atoms with Crippen LogP contribution in [0.5, 0.6) is 0 Å². The van der Waals surface area contributed by atoms with Crippen molar-refractivity contribution in [2.45, 2.75) is 71.5 Å². The van der Waals surface area contributed by atoms with Crippen molar-refractivity contribution in [3.63, 3.8) is 0 Å². The Balaban J connectivity index is 4.24. The molecule has 0 fully saturated rings. The zero-order chi connectivity index (χ0) is 13.5. The van der Waals surface area contributed by atoms with Crippen LogP contribution in [0.4, 0.5) is 0 Å². The van der Waals surface area contributed by atoms with Gasteiger partial charge in [-0.25, -0.2) is 0 Å². The molecule has 0 radical (unpaired) electrons. The Hall–Kier alpha value is -0.590. The molecule has 0 heterocycles. The Bertz CT molecular complexity index is 242. The number of rotatable bonds is 8. The second-order valence-electron chi connectivity index (χ2n) is 5.52. The van der Waals surface area contributed by atoms with E-state index in [4.69, 9.17) is 0 Å². The lowest BCUT2D eigenvalue weighted by molar-refractivity contribution is 0.248. The normalized spacial score (nSPS) is 15.3. The summed E-state index contributed by atoms with van der Waals surface area (Å²) in [6.45, 7) is 11.7. The molecule has 0 aliphatic carbocycles. The fraction of sp³-hybridized carbons (Fsp3) is 0.929. The van der Waals surface area contributed by atoms with Crippen molar-refractivity contribution in [1.82, 2.24) is 10.2 Å².